The Morgan fingerprint density at radius 1 is 0.199 bits per heavy atom. The van der Waals surface area contributed by atoms with Gasteiger partial charge >= 0.3 is 0 Å². The first-order valence-electron chi connectivity index (χ1n) is 45.7. The monoisotopic (exact) mass is 1780 g/mol. The van der Waals surface area contributed by atoms with E-state index in [0.717, 1.165) is 134 Å². The largest absolute Gasteiger partial charge is 0.501 e. The Kier molecular flexibility index (Phi) is 29.7. The lowest BCUT2D eigenvalue weighted by molar-refractivity contribution is -0.112. The van der Waals surface area contributed by atoms with Gasteiger partial charge in [-0.05, 0) is 257 Å². The molecular formula is C124H112N4O8. The summed E-state index contributed by atoms with van der Waals surface area (Å²) in [6.07, 6.45) is 0. The van der Waals surface area contributed by atoms with Crippen molar-refractivity contribution in [2.24, 2.45) is 0 Å². The summed E-state index contributed by atoms with van der Waals surface area (Å²) in [6, 6.07) is 134. The summed E-state index contributed by atoms with van der Waals surface area (Å²) in [7, 11) is 6.41. The fourth-order valence-electron chi connectivity index (χ4n) is 18.7. The van der Waals surface area contributed by atoms with Crippen LogP contribution < -0.4 is 19.6 Å². The highest BCUT2D eigenvalue weighted by atomic mass is 16.5. The molecule has 0 heterocycles. The van der Waals surface area contributed by atoms with E-state index in [4.69, 9.17) is 18.9 Å². The maximum absolute atomic E-state index is 12.7. The quantitative estimate of drug-likeness (QED) is 0.0423. The number of rotatable bonds is 24. The van der Waals surface area contributed by atoms with E-state index >= 15 is 0 Å². The van der Waals surface area contributed by atoms with Crippen LogP contribution in [0.2, 0.25) is 0 Å². The van der Waals surface area contributed by atoms with Gasteiger partial charge in [0.1, 0.15) is 23.0 Å². The summed E-state index contributed by atoms with van der Waals surface area (Å²) in [5.41, 5.74) is 23.5. The first-order valence-corrected chi connectivity index (χ1v) is 45.7. The second-order valence-electron chi connectivity index (χ2n) is 33.6. The van der Waals surface area contributed by atoms with Crippen LogP contribution in [-0.2, 0) is 38.1 Å². The van der Waals surface area contributed by atoms with Crippen molar-refractivity contribution in [3.63, 3.8) is 0 Å². The van der Waals surface area contributed by atoms with Crippen LogP contribution in [0, 0.1) is 27.7 Å². The van der Waals surface area contributed by atoms with Crippen LogP contribution in [0.15, 0.2) is 411 Å². The number of ether oxygens (including phenoxy) is 4. The predicted molar refractivity (Wildman–Crippen MR) is 570 cm³/mol. The minimum atomic E-state index is -0.0174. The number of fused-ring (bicyclic) bond motifs is 6. The van der Waals surface area contributed by atoms with Crippen molar-refractivity contribution >= 4 is 178 Å². The van der Waals surface area contributed by atoms with E-state index in [1.54, 1.807) is 56.1 Å². The van der Waals surface area contributed by atoms with Gasteiger partial charge in [-0.1, -0.05) is 291 Å². The summed E-state index contributed by atoms with van der Waals surface area (Å²) in [5.74, 6) is 2.46. The molecule has 676 valence electrons. The highest BCUT2D eigenvalue weighted by Gasteiger charge is 2.30. The molecule has 0 aliphatic carbocycles. The van der Waals surface area contributed by atoms with Gasteiger partial charge in [-0.2, -0.15) is 0 Å². The highest BCUT2D eigenvalue weighted by Crippen LogP contribution is 2.50. The molecule has 0 unspecified atom stereocenters. The minimum Gasteiger partial charge on any atom is -0.501 e. The van der Waals surface area contributed by atoms with Gasteiger partial charge in [0.15, 0.2) is 23.1 Å². The van der Waals surface area contributed by atoms with E-state index < -0.39 is 0 Å². The summed E-state index contributed by atoms with van der Waals surface area (Å²) >= 11 is 0. The first-order chi connectivity index (χ1) is 66.1. The van der Waals surface area contributed by atoms with Crippen LogP contribution in [-0.4, -0.2) is 51.6 Å². The molecule has 0 N–H and O–H groups in total. The van der Waals surface area contributed by atoms with Gasteiger partial charge in [-0.25, -0.2) is 0 Å². The van der Waals surface area contributed by atoms with Crippen molar-refractivity contribution in [3.05, 3.63) is 456 Å². The Labute approximate surface area is 798 Å². The molecule has 0 saturated carbocycles. The normalized spacial score (nSPS) is 11.8. The molecule has 0 bridgehead atoms. The maximum Gasteiger partial charge on any atom is 0.163 e. The Balaban J connectivity index is 0.000000138. The van der Waals surface area contributed by atoms with Crippen molar-refractivity contribution in [1.29, 1.82) is 0 Å². The third-order valence-electron chi connectivity index (χ3n) is 25.4. The summed E-state index contributed by atoms with van der Waals surface area (Å²) in [5, 5.41) is 13.6. The molecule has 18 aromatic rings. The number of para-hydroxylation sites is 4. The van der Waals surface area contributed by atoms with Crippen LogP contribution in [0.1, 0.15) is 99.9 Å². The van der Waals surface area contributed by atoms with Gasteiger partial charge in [-0.3, -0.25) is 19.2 Å². The molecule has 0 amide bonds. The summed E-state index contributed by atoms with van der Waals surface area (Å²) < 4.78 is 21.9. The Morgan fingerprint density at radius 3 is 0.809 bits per heavy atom. The average Bonchev–Trinajstić information content (AvgIpc) is 0.758. The fraction of sp³-hybridized carbons (Fsp3) is 0.129. The molecule has 136 heavy (non-hydrogen) atoms. The third kappa shape index (κ3) is 19.6. The minimum absolute atomic E-state index is 0.0102. The number of anilines is 12. The molecular weight excluding hydrogens is 1670 g/mol. The molecule has 0 atom stereocenters. The zero-order valence-electron chi connectivity index (χ0n) is 80.0. The van der Waals surface area contributed by atoms with Crippen molar-refractivity contribution in [1.82, 2.24) is 0 Å². The lowest BCUT2D eigenvalue weighted by atomic mass is 9.85. The molecule has 12 nitrogen and oxygen atoms in total. The summed E-state index contributed by atoms with van der Waals surface area (Å²) in [4.78, 5) is 59.4. The van der Waals surface area contributed by atoms with Crippen LogP contribution in [0.3, 0.4) is 0 Å². The SMILES string of the molecule is CO/C(C)=C(\C(C)=O)c1c(C)c(C)c(N(c2ccccc2)c2cccc3ccccc23)c(C)c1C.CO/C(C)=C(\C(C)=O)c1ccc(N(c2ccccc2)c2cccc3ccccc23)c2ccccc12.CO/C(C)=C(\C(C)=O)c1ccc(N(c2ccccc2)c2cccc3ccccc23)cc1.CO/C(C)=C(\C(C)=O)c1cccc2c(N(c3ccccc3)c3cccc4ccccc34)cccc12. The van der Waals surface area contributed by atoms with E-state index in [1.165, 1.54) is 43.1 Å². The lowest BCUT2D eigenvalue weighted by Gasteiger charge is -2.32. The average molecular weight is 1790 g/mol. The zero-order valence-corrected chi connectivity index (χ0v) is 80.0. The molecule has 0 fully saturated rings. The molecule has 0 aliphatic heterocycles. The molecule has 0 spiro atoms. The van der Waals surface area contributed by atoms with Gasteiger partial charge < -0.3 is 38.5 Å². The molecule has 0 aromatic heterocycles. The highest BCUT2D eigenvalue weighted by molar-refractivity contribution is 6.26. The van der Waals surface area contributed by atoms with Gasteiger partial charge in [-0.15, -0.1) is 0 Å². The second kappa shape index (κ2) is 42.8. The number of allylic oxidation sites excluding steroid dienone is 8. The topological polar surface area (TPSA) is 118 Å². The molecule has 12 heteroatoms. The lowest BCUT2D eigenvalue weighted by Crippen LogP contribution is -2.17. The van der Waals surface area contributed by atoms with Gasteiger partial charge in [0.2, 0.25) is 0 Å². The van der Waals surface area contributed by atoms with Crippen molar-refractivity contribution in [3.8, 4) is 0 Å². The number of ketones is 4. The van der Waals surface area contributed by atoms with Crippen molar-refractivity contribution in [2.75, 3.05) is 48.0 Å². The van der Waals surface area contributed by atoms with Crippen molar-refractivity contribution < 1.29 is 38.1 Å². The van der Waals surface area contributed by atoms with E-state index in [1.807, 2.05) is 107 Å². The number of hydrogen-bond donors (Lipinski definition) is 0. The number of hydrogen-bond acceptors (Lipinski definition) is 12. The Bertz CT molecular complexity index is 7390. The number of carbonyl (C=O) groups is 4. The number of benzene rings is 18. The third-order valence-corrected chi connectivity index (χ3v) is 25.4. The van der Waals surface area contributed by atoms with Crippen LogP contribution in [0.4, 0.5) is 68.2 Å². The van der Waals surface area contributed by atoms with Gasteiger partial charge in [0.25, 0.3) is 0 Å². The molecule has 0 aliphatic rings. The predicted octanol–water partition coefficient (Wildman–Crippen LogP) is 32.6. The first kappa shape index (κ1) is 94.2. The molecule has 18 rings (SSSR count). The number of carbonyl (C=O) groups excluding carboxylic acids is 4. The van der Waals surface area contributed by atoms with Crippen LogP contribution >= 0.6 is 0 Å². The van der Waals surface area contributed by atoms with E-state index in [2.05, 4.69) is 357 Å². The fourth-order valence-corrected chi connectivity index (χ4v) is 18.7. The Morgan fingerprint density at radius 2 is 0.441 bits per heavy atom. The van der Waals surface area contributed by atoms with Crippen LogP contribution in [0.25, 0.3) is 86.9 Å². The molecule has 0 saturated heterocycles. The van der Waals surface area contributed by atoms with E-state index in [0.29, 0.717) is 45.3 Å². The van der Waals surface area contributed by atoms with Crippen LogP contribution in [0.5, 0.6) is 0 Å². The van der Waals surface area contributed by atoms with Crippen molar-refractivity contribution in [2.45, 2.75) is 83.1 Å². The number of methoxy groups -OCH3 is 4. The standard InChI is InChI=1S/2C32H27NO2.C32H33NO2.C28H25NO2/c1-22(34)32(23(2)35-3)29-19-10-18-28-27(29)17-11-21-31(28)33(25-14-5-4-6-15-25)30-20-9-13-24-12-7-8-16-26(24)30;1-22(34)32(23(2)35-3)29-20-21-31(28-18-10-9-17-27(28)29)33(25-14-5-4-6-15-25)30-19-11-13-24-12-7-8-16-26(24)30;1-20-22(3)32(23(4)21(2)30(20)31(24(5)34)25(6)35-7)33(27-16-9-8-10-17-27)29-19-13-15-26-14-11-12-18-28(26)29;1-20(30)28(21(2)31-3)23-16-18-25(19-17-23)29(24-12-5-4-6-13-24)27-15-9-11-22-10-7-8-14-26(22)27/h2*4-21H,1-3H3;8-19H,1-7H3;4-19H,1-3H3/b2*32-23+;31-25+;28-21+. The molecule has 0 radical (unpaired) electrons. The van der Waals surface area contributed by atoms with Gasteiger partial charge in [0, 0.05) is 60.8 Å². The summed E-state index contributed by atoms with van der Waals surface area (Å²) in [6.45, 7) is 22.2. The number of Topliss-reactive ketones (excluding diaryl/α,β-unsaturated/α-hetero) is 4. The zero-order chi connectivity index (χ0) is 95.8. The smallest absolute Gasteiger partial charge is 0.163 e. The molecule has 18 aromatic carbocycles. The van der Waals surface area contributed by atoms with E-state index in [9.17, 15) is 19.2 Å². The van der Waals surface area contributed by atoms with Gasteiger partial charge in [0.05, 0.1) is 90.5 Å². The van der Waals surface area contributed by atoms with E-state index in [-0.39, 0.29) is 23.1 Å². The second-order valence-corrected chi connectivity index (χ2v) is 33.6. The maximum atomic E-state index is 12.7. The number of nitrogens with zero attached hydrogens (tertiary/aromatic N) is 4. The Hall–Kier alpha value is -16.4.